The summed E-state index contributed by atoms with van der Waals surface area (Å²) in [6.45, 7) is 0. The molecule has 106 valence electrons. The number of aryl methyl sites for hydroxylation is 1. The molecule has 0 aromatic heterocycles. The molecule has 21 heavy (non-hydrogen) atoms. The molecule has 0 saturated heterocycles. The SMILES string of the molecule is O=C1CCc2cc(C(=O)c3cccc(F)c3Cl)ccc2N1. The lowest BCUT2D eigenvalue weighted by molar-refractivity contribution is -0.116. The molecule has 1 N–H and O–H groups in total. The number of benzene rings is 2. The number of carbonyl (C=O) groups is 2. The maximum atomic E-state index is 13.4. The molecule has 1 aliphatic rings. The van der Waals surface area contributed by atoms with Crippen molar-refractivity contribution in [3.63, 3.8) is 0 Å². The summed E-state index contributed by atoms with van der Waals surface area (Å²) in [5, 5.41) is 2.58. The molecule has 3 rings (SSSR count). The van der Waals surface area contributed by atoms with Crippen molar-refractivity contribution in [2.75, 3.05) is 5.32 Å². The van der Waals surface area contributed by atoms with Crippen molar-refractivity contribution in [3.05, 3.63) is 63.9 Å². The Balaban J connectivity index is 1.99. The molecule has 0 spiro atoms. The molecule has 5 heteroatoms. The summed E-state index contributed by atoms with van der Waals surface area (Å²) in [4.78, 5) is 23.7. The average molecular weight is 304 g/mol. The number of rotatable bonds is 2. The first-order valence-electron chi connectivity index (χ1n) is 6.48. The van der Waals surface area contributed by atoms with Crippen LogP contribution in [0.25, 0.3) is 0 Å². The van der Waals surface area contributed by atoms with Crippen LogP contribution in [0.1, 0.15) is 27.9 Å². The zero-order chi connectivity index (χ0) is 15.0. The molecular weight excluding hydrogens is 293 g/mol. The second kappa shape index (κ2) is 5.30. The first-order valence-corrected chi connectivity index (χ1v) is 6.85. The molecule has 0 unspecified atom stereocenters. The minimum atomic E-state index is -0.618. The van der Waals surface area contributed by atoms with Crippen LogP contribution in [0, 0.1) is 5.82 Å². The van der Waals surface area contributed by atoms with E-state index in [4.69, 9.17) is 11.6 Å². The largest absolute Gasteiger partial charge is 0.326 e. The van der Waals surface area contributed by atoms with E-state index in [1.165, 1.54) is 18.2 Å². The van der Waals surface area contributed by atoms with Crippen molar-refractivity contribution < 1.29 is 14.0 Å². The minimum Gasteiger partial charge on any atom is -0.326 e. The van der Waals surface area contributed by atoms with Crippen LogP contribution in [0.3, 0.4) is 0 Å². The predicted molar refractivity (Wildman–Crippen MR) is 78.2 cm³/mol. The third-order valence-corrected chi connectivity index (χ3v) is 3.84. The monoisotopic (exact) mass is 303 g/mol. The third kappa shape index (κ3) is 2.54. The van der Waals surface area contributed by atoms with Crippen LogP contribution in [0.4, 0.5) is 10.1 Å². The number of hydrogen-bond acceptors (Lipinski definition) is 2. The van der Waals surface area contributed by atoms with E-state index in [1.54, 1.807) is 18.2 Å². The van der Waals surface area contributed by atoms with E-state index >= 15 is 0 Å². The highest BCUT2D eigenvalue weighted by molar-refractivity contribution is 6.35. The molecule has 1 amide bonds. The summed E-state index contributed by atoms with van der Waals surface area (Å²) in [6, 6.07) is 9.17. The van der Waals surface area contributed by atoms with Crippen LogP contribution in [0.15, 0.2) is 36.4 Å². The highest BCUT2D eigenvalue weighted by Gasteiger charge is 2.19. The lowest BCUT2D eigenvalue weighted by Crippen LogP contribution is -2.19. The third-order valence-electron chi connectivity index (χ3n) is 3.46. The highest BCUT2D eigenvalue weighted by Crippen LogP contribution is 2.27. The van der Waals surface area contributed by atoms with Gasteiger partial charge in [-0.1, -0.05) is 17.7 Å². The summed E-state index contributed by atoms with van der Waals surface area (Å²) in [6.07, 6.45) is 0.977. The molecule has 0 bridgehead atoms. The van der Waals surface area contributed by atoms with Gasteiger partial charge in [-0.2, -0.15) is 0 Å². The minimum absolute atomic E-state index is 0.0326. The Hall–Kier alpha value is -2.20. The second-order valence-electron chi connectivity index (χ2n) is 4.85. The fraction of sp³-hybridized carbons (Fsp3) is 0.125. The highest BCUT2D eigenvalue weighted by atomic mass is 35.5. The van der Waals surface area contributed by atoms with Crippen LogP contribution >= 0.6 is 11.6 Å². The van der Waals surface area contributed by atoms with Gasteiger partial charge < -0.3 is 5.32 Å². The topological polar surface area (TPSA) is 46.2 Å². The van der Waals surface area contributed by atoms with Gasteiger partial charge in [0.1, 0.15) is 5.82 Å². The molecule has 0 aliphatic carbocycles. The number of halogens is 2. The fourth-order valence-corrected chi connectivity index (χ4v) is 2.57. The smallest absolute Gasteiger partial charge is 0.224 e. The molecule has 2 aromatic rings. The molecule has 0 radical (unpaired) electrons. The van der Waals surface area contributed by atoms with Crippen molar-refractivity contribution in [2.24, 2.45) is 0 Å². The molecular formula is C16H11ClFNO2. The first kappa shape index (κ1) is 13.8. The van der Waals surface area contributed by atoms with E-state index in [1.807, 2.05) is 0 Å². The number of hydrogen-bond donors (Lipinski definition) is 1. The van der Waals surface area contributed by atoms with E-state index in [2.05, 4.69) is 5.32 Å². The maximum Gasteiger partial charge on any atom is 0.224 e. The normalized spacial score (nSPS) is 13.5. The average Bonchev–Trinajstić information content (AvgIpc) is 2.49. The second-order valence-corrected chi connectivity index (χ2v) is 5.23. The van der Waals surface area contributed by atoms with E-state index in [-0.39, 0.29) is 22.3 Å². The van der Waals surface area contributed by atoms with Crippen LogP contribution in [0.2, 0.25) is 5.02 Å². The predicted octanol–water partition coefficient (Wildman–Crippen LogP) is 3.59. The van der Waals surface area contributed by atoms with Gasteiger partial charge in [-0.3, -0.25) is 9.59 Å². The van der Waals surface area contributed by atoms with E-state index in [0.717, 1.165) is 5.56 Å². The summed E-state index contributed by atoms with van der Waals surface area (Å²) in [5.74, 6) is -0.985. The summed E-state index contributed by atoms with van der Waals surface area (Å²) in [5.41, 5.74) is 2.18. The molecule has 1 aliphatic heterocycles. The van der Waals surface area contributed by atoms with Crippen LogP contribution < -0.4 is 5.32 Å². The number of ketones is 1. The van der Waals surface area contributed by atoms with E-state index in [9.17, 15) is 14.0 Å². The summed E-state index contributed by atoms with van der Waals surface area (Å²) in [7, 11) is 0. The van der Waals surface area contributed by atoms with Gasteiger partial charge in [0, 0.05) is 23.2 Å². The molecule has 0 fully saturated rings. The molecule has 1 heterocycles. The Morgan fingerprint density at radius 3 is 2.81 bits per heavy atom. The fourth-order valence-electron chi connectivity index (χ4n) is 2.36. The zero-order valence-electron chi connectivity index (χ0n) is 11.0. The van der Waals surface area contributed by atoms with Gasteiger partial charge in [0.05, 0.1) is 5.02 Å². The Kier molecular flexibility index (Phi) is 3.47. The summed E-state index contributed by atoms with van der Waals surface area (Å²) >= 11 is 5.85. The van der Waals surface area contributed by atoms with Crippen molar-refractivity contribution in [1.82, 2.24) is 0 Å². The lowest BCUT2D eigenvalue weighted by Gasteiger charge is -2.17. The zero-order valence-corrected chi connectivity index (χ0v) is 11.7. The van der Waals surface area contributed by atoms with Crippen LogP contribution in [-0.2, 0) is 11.2 Å². The number of anilines is 1. The Morgan fingerprint density at radius 2 is 2.00 bits per heavy atom. The standard InChI is InChI=1S/C16H11ClFNO2/c17-15-11(2-1-3-12(15)18)16(21)10-4-6-13-9(8-10)5-7-14(20)19-13/h1-4,6,8H,5,7H2,(H,19,20). The number of carbonyl (C=O) groups excluding carboxylic acids is 2. The number of amides is 1. The van der Waals surface area contributed by atoms with E-state index in [0.29, 0.717) is 24.1 Å². The quantitative estimate of drug-likeness (QED) is 0.862. The molecule has 0 saturated carbocycles. The lowest BCUT2D eigenvalue weighted by atomic mass is 9.96. The van der Waals surface area contributed by atoms with Crippen molar-refractivity contribution in [1.29, 1.82) is 0 Å². The van der Waals surface area contributed by atoms with Gasteiger partial charge in [-0.25, -0.2) is 4.39 Å². The van der Waals surface area contributed by atoms with Gasteiger partial charge in [-0.15, -0.1) is 0 Å². The van der Waals surface area contributed by atoms with E-state index < -0.39 is 5.82 Å². The Labute approximate surface area is 125 Å². The summed E-state index contributed by atoms with van der Waals surface area (Å²) < 4.78 is 13.4. The Morgan fingerprint density at radius 1 is 1.19 bits per heavy atom. The number of nitrogens with one attached hydrogen (secondary N) is 1. The van der Waals surface area contributed by atoms with Gasteiger partial charge >= 0.3 is 0 Å². The van der Waals surface area contributed by atoms with Gasteiger partial charge in [-0.05, 0) is 42.3 Å². The Bertz CT molecular complexity index is 758. The maximum absolute atomic E-state index is 13.4. The first-order chi connectivity index (χ1) is 10.1. The molecule has 3 nitrogen and oxygen atoms in total. The van der Waals surface area contributed by atoms with Gasteiger partial charge in [0.25, 0.3) is 0 Å². The molecule has 0 atom stereocenters. The number of fused-ring (bicyclic) bond motifs is 1. The van der Waals surface area contributed by atoms with Crippen molar-refractivity contribution in [3.8, 4) is 0 Å². The van der Waals surface area contributed by atoms with Gasteiger partial charge in [0.2, 0.25) is 5.91 Å². The molecule has 2 aromatic carbocycles. The van der Waals surface area contributed by atoms with Crippen molar-refractivity contribution in [2.45, 2.75) is 12.8 Å². The van der Waals surface area contributed by atoms with Gasteiger partial charge in [0.15, 0.2) is 5.78 Å². The van der Waals surface area contributed by atoms with Crippen LogP contribution in [-0.4, -0.2) is 11.7 Å². The van der Waals surface area contributed by atoms with Crippen LogP contribution in [0.5, 0.6) is 0 Å². The van der Waals surface area contributed by atoms with Crippen molar-refractivity contribution >= 4 is 29.0 Å².